The molecule has 0 spiro atoms. The van der Waals surface area contributed by atoms with E-state index in [2.05, 4.69) is 0 Å². The fourth-order valence-electron chi connectivity index (χ4n) is 8.22. The zero-order valence-corrected chi connectivity index (χ0v) is 43.6. The fraction of sp³-hybridized carbons (Fsp3) is 0.615. The Morgan fingerprint density at radius 3 is 0.871 bits per heavy atom. The molecule has 1 fully saturated rings. The molecule has 0 aliphatic carbocycles. The quantitative estimate of drug-likeness (QED) is 0.165. The van der Waals surface area contributed by atoms with Crippen molar-refractivity contribution in [3.8, 4) is 0 Å². The van der Waals surface area contributed by atoms with Crippen LogP contribution in [0.1, 0.15) is 106 Å². The Balaban J connectivity index is 2.26. The highest BCUT2D eigenvalue weighted by Crippen LogP contribution is 2.24. The summed E-state index contributed by atoms with van der Waals surface area (Å²) < 4.78 is 23.8. The summed E-state index contributed by atoms with van der Waals surface area (Å²) in [5.74, 6) is -7.45. The Hall–Kier alpha value is -6.20. The van der Waals surface area contributed by atoms with Gasteiger partial charge in [-0.2, -0.15) is 0 Å². The van der Waals surface area contributed by atoms with Crippen molar-refractivity contribution in [2.24, 2.45) is 23.7 Å². The van der Waals surface area contributed by atoms with Crippen molar-refractivity contribution in [3.63, 3.8) is 0 Å². The maximum atomic E-state index is 14.7. The smallest absolute Gasteiger partial charge is 0.329 e. The third-order valence-electron chi connectivity index (χ3n) is 12.3. The van der Waals surface area contributed by atoms with Crippen molar-refractivity contribution in [2.75, 3.05) is 39.7 Å². The van der Waals surface area contributed by atoms with Crippen LogP contribution in [0.3, 0.4) is 0 Å². The van der Waals surface area contributed by atoms with Gasteiger partial charge in [0, 0.05) is 52.4 Å². The number of benzene rings is 2. The maximum Gasteiger partial charge on any atom is 0.329 e. The number of rotatable bonds is 12. The van der Waals surface area contributed by atoms with Crippen LogP contribution in [0, 0.1) is 23.7 Å². The van der Waals surface area contributed by atoms with Crippen molar-refractivity contribution < 1.29 is 57.3 Å². The third kappa shape index (κ3) is 16.5. The largest absolute Gasteiger partial charge is 0.451 e. The average molecular weight is 979 g/mol. The minimum absolute atomic E-state index is 0.0857. The van der Waals surface area contributed by atoms with Crippen molar-refractivity contribution in [2.45, 2.75) is 156 Å². The van der Waals surface area contributed by atoms with Crippen LogP contribution < -0.4 is 11.5 Å². The van der Waals surface area contributed by atoms with Crippen molar-refractivity contribution in [1.82, 2.24) is 19.6 Å². The Bertz CT molecular complexity index is 1960. The normalized spacial score (nSPS) is 24.8. The molecule has 1 heterocycles. The molecule has 388 valence electrons. The van der Waals surface area contributed by atoms with Gasteiger partial charge in [-0.15, -0.1) is 0 Å². The Morgan fingerprint density at radius 1 is 0.400 bits per heavy atom. The highest BCUT2D eigenvalue weighted by atomic mass is 16.6. The van der Waals surface area contributed by atoms with Crippen LogP contribution in [0.4, 0.5) is 11.4 Å². The lowest BCUT2D eigenvalue weighted by atomic mass is 10.00. The SMILES string of the molecule is CC(C)C[C@H]1C(=O)O[C@H](Cc2ccc(N)cc2)C(=O)N(C)[C@@H](CC(C)C)C(=O)O[C@H](C)C(=O)N(C)[C@@H](CC(C)C)C(=O)O[C@H](Cc2ccc(N)cc2)C(=O)N(C)[C@@H](CC(C)C)C(=O)O[C@H](C)C(=O)N1C. The standard InChI is InChI=1S/C52H78N6O12/c1-29(2)23-39-49(63)67-33(9)45(59)55(11)42(26-32(7)8)52(66)70-44(28-36-17-21-38(54)22-18-36)48(62)58(14)40(24-30(3)4)50(64)68-34(10)46(60)56(12)41(25-31(5)6)51(65)69-43(47(61)57(39)13)27-35-15-19-37(53)20-16-35/h15-22,29-34,39-44H,23-28,53-54H2,1-14H3/t33-,34-,39+,40+,41+,42+,43-,44-/m1/s1. The number of cyclic esters (lactones) is 4. The summed E-state index contributed by atoms with van der Waals surface area (Å²) in [4.78, 5) is 120. The third-order valence-corrected chi connectivity index (χ3v) is 12.3. The van der Waals surface area contributed by atoms with Gasteiger partial charge in [0.1, 0.15) is 24.2 Å². The van der Waals surface area contributed by atoms with Crippen molar-refractivity contribution >= 4 is 58.9 Å². The van der Waals surface area contributed by atoms with E-state index in [9.17, 15) is 38.4 Å². The van der Waals surface area contributed by atoms with Crippen LogP contribution in [-0.4, -0.2) is 144 Å². The van der Waals surface area contributed by atoms with Crippen LogP contribution in [0.5, 0.6) is 0 Å². The molecule has 4 amide bonds. The summed E-state index contributed by atoms with van der Waals surface area (Å²) in [6.45, 7) is 17.4. The van der Waals surface area contributed by atoms with Gasteiger partial charge in [0.2, 0.25) is 0 Å². The van der Waals surface area contributed by atoms with E-state index in [1.54, 1.807) is 48.5 Å². The molecular formula is C52H78N6O12. The van der Waals surface area contributed by atoms with Gasteiger partial charge in [-0.3, -0.25) is 19.2 Å². The Labute approximate surface area is 414 Å². The first-order chi connectivity index (χ1) is 32.6. The summed E-state index contributed by atoms with van der Waals surface area (Å²) in [6, 6.07) is 8.09. The van der Waals surface area contributed by atoms with E-state index in [0.29, 0.717) is 22.5 Å². The van der Waals surface area contributed by atoms with Gasteiger partial charge in [0.25, 0.3) is 23.6 Å². The van der Waals surface area contributed by atoms with E-state index in [0.717, 1.165) is 19.6 Å². The number of likely N-dealkylation sites (N-methyl/N-ethyl adjacent to an activating group) is 4. The molecule has 0 unspecified atom stereocenters. The first kappa shape index (κ1) is 58.1. The highest BCUT2D eigenvalue weighted by molar-refractivity contribution is 5.94. The van der Waals surface area contributed by atoms with Crippen molar-refractivity contribution in [1.29, 1.82) is 0 Å². The summed E-state index contributed by atoms with van der Waals surface area (Å²) in [5, 5.41) is 0. The maximum absolute atomic E-state index is 14.7. The van der Waals surface area contributed by atoms with Crippen LogP contribution in [0.2, 0.25) is 0 Å². The van der Waals surface area contributed by atoms with Crippen LogP contribution in [0.25, 0.3) is 0 Å². The van der Waals surface area contributed by atoms with Crippen LogP contribution >= 0.6 is 0 Å². The molecule has 70 heavy (non-hydrogen) atoms. The second-order valence-corrected chi connectivity index (χ2v) is 20.3. The monoisotopic (exact) mass is 979 g/mol. The summed E-state index contributed by atoms with van der Waals surface area (Å²) in [5.41, 5.74) is 14.0. The van der Waals surface area contributed by atoms with Crippen molar-refractivity contribution in [3.05, 3.63) is 59.7 Å². The highest BCUT2D eigenvalue weighted by Gasteiger charge is 2.43. The first-order valence-electron chi connectivity index (χ1n) is 24.2. The summed E-state index contributed by atoms with van der Waals surface area (Å²) >= 11 is 0. The second-order valence-electron chi connectivity index (χ2n) is 20.3. The minimum atomic E-state index is -1.52. The average Bonchev–Trinajstić information content (AvgIpc) is 3.29. The van der Waals surface area contributed by atoms with Gasteiger partial charge in [0.15, 0.2) is 24.4 Å². The zero-order valence-electron chi connectivity index (χ0n) is 43.6. The molecule has 0 bridgehead atoms. The predicted octanol–water partition coefficient (Wildman–Crippen LogP) is 4.83. The lowest BCUT2D eigenvalue weighted by Crippen LogP contribution is -2.55. The molecule has 4 N–H and O–H groups in total. The van der Waals surface area contributed by atoms with Gasteiger partial charge in [-0.05, 0) is 98.6 Å². The number of ether oxygens (including phenoxy) is 4. The number of hydrogen-bond acceptors (Lipinski definition) is 14. The van der Waals surface area contributed by atoms with Crippen LogP contribution in [0.15, 0.2) is 48.5 Å². The van der Waals surface area contributed by atoms with Gasteiger partial charge in [-0.25, -0.2) is 19.2 Å². The Morgan fingerprint density at radius 2 is 0.629 bits per heavy atom. The minimum Gasteiger partial charge on any atom is -0.451 e. The number of nitrogens with zero attached hydrogens (tertiary/aromatic N) is 4. The molecule has 2 aromatic rings. The molecular weight excluding hydrogens is 901 g/mol. The van der Waals surface area contributed by atoms with E-state index in [1.165, 1.54) is 42.0 Å². The zero-order chi connectivity index (χ0) is 52.9. The molecule has 2 aromatic carbocycles. The summed E-state index contributed by atoms with van der Waals surface area (Å²) in [6.07, 6.45) is -5.93. The van der Waals surface area contributed by atoms with E-state index in [4.69, 9.17) is 30.4 Å². The molecule has 0 aromatic heterocycles. The number of carbonyl (C=O) groups is 8. The van der Waals surface area contributed by atoms with E-state index in [-0.39, 0.29) is 62.2 Å². The predicted molar refractivity (Wildman–Crippen MR) is 264 cm³/mol. The van der Waals surface area contributed by atoms with Gasteiger partial charge < -0.3 is 50.0 Å². The molecule has 18 nitrogen and oxygen atoms in total. The Kier molecular flexibility index (Phi) is 21.7. The van der Waals surface area contributed by atoms with Gasteiger partial charge in [-0.1, -0.05) is 79.7 Å². The van der Waals surface area contributed by atoms with Gasteiger partial charge in [0.05, 0.1) is 0 Å². The molecule has 8 atom stereocenters. The van der Waals surface area contributed by atoms with E-state index < -0.39 is 96.1 Å². The molecule has 0 saturated carbocycles. The molecule has 18 heteroatoms. The number of nitrogens with two attached hydrogens (primary N) is 2. The molecule has 1 aliphatic rings. The molecule has 0 radical (unpaired) electrons. The fourth-order valence-corrected chi connectivity index (χ4v) is 8.22. The number of carbonyl (C=O) groups excluding carboxylic acids is 8. The number of amides is 4. The van der Waals surface area contributed by atoms with Crippen LogP contribution in [-0.2, 0) is 70.1 Å². The second kappa shape index (κ2) is 26.1. The molecule has 1 saturated heterocycles. The molecule has 3 rings (SSSR count). The number of nitrogen functional groups attached to an aromatic ring is 2. The lowest BCUT2D eigenvalue weighted by Gasteiger charge is -2.35. The first-order valence-corrected chi connectivity index (χ1v) is 24.2. The van der Waals surface area contributed by atoms with E-state index in [1.807, 2.05) is 55.4 Å². The lowest BCUT2D eigenvalue weighted by molar-refractivity contribution is -0.176. The molecule has 1 aliphatic heterocycles. The van der Waals surface area contributed by atoms with E-state index >= 15 is 0 Å². The number of hydrogen-bond donors (Lipinski definition) is 2. The number of esters is 4. The van der Waals surface area contributed by atoms with Gasteiger partial charge >= 0.3 is 23.9 Å². The topological polar surface area (TPSA) is 238 Å². The summed E-state index contributed by atoms with van der Waals surface area (Å²) in [7, 11) is 5.49. The number of anilines is 2.